The van der Waals surface area contributed by atoms with Gasteiger partial charge in [0.15, 0.2) is 0 Å². The van der Waals surface area contributed by atoms with Crippen LogP contribution >= 0.6 is 0 Å². The average molecular weight is 268 g/mol. The number of para-hydroxylation sites is 2. The lowest BCUT2D eigenvalue weighted by molar-refractivity contribution is -0.116. The minimum atomic E-state index is 0.0747. The third-order valence-electron chi connectivity index (χ3n) is 3.24. The van der Waals surface area contributed by atoms with Crippen molar-refractivity contribution in [3.8, 4) is 0 Å². The maximum Gasteiger partial charge on any atom is 0.246 e. The first-order valence-electron chi connectivity index (χ1n) is 6.87. The highest BCUT2D eigenvalue weighted by molar-refractivity contribution is 5.96. The summed E-state index contributed by atoms with van der Waals surface area (Å²) in [5.74, 6) is 0.0747. The predicted octanol–water partition coefficient (Wildman–Crippen LogP) is 3.46. The summed E-state index contributed by atoms with van der Waals surface area (Å²) in [6, 6.07) is 17.7. The Labute approximate surface area is 120 Å². The van der Waals surface area contributed by atoms with Crippen LogP contribution in [0, 0.1) is 6.92 Å². The molecule has 2 aromatic rings. The Morgan fingerprint density at radius 1 is 1.05 bits per heavy atom. The largest absolute Gasteiger partial charge is 0.376 e. The van der Waals surface area contributed by atoms with E-state index in [9.17, 15) is 4.79 Å². The molecule has 0 radical (unpaired) electrons. The highest BCUT2D eigenvalue weighted by Crippen LogP contribution is 2.19. The van der Waals surface area contributed by atoms with Crippen LogP contribution in [-0.2, 0) is 4.79 Å². The number of carbonyl (C=O) groups excluding carboxylic acids is 1. The molecule has 0 aliphatic rings. The second-order valence-electron chi connectivity index (χ2n) is 4.64. The number of carbonyl (C=O) groups is 1. The number of nitrogens with zero attached hydrogens (tertiary/aromatic N) is 1. The Bertz CT molecular complexity index is 566. The monoisotopic (exact) mass is 268 g/mol. The molecule has 0 aliphatic carbocycles. The van der Waals surface area contributed by atoms with Crippen LogP contribution in [0.1, 0.15) is 12.5 Å². The van der Waals surface area contributed by atoms with Gasteiger partial charge in [-0.1, -0.05) is 36.4 Å². The van der Waals surface area contributed by atoms with Crippen molar-refractivity contribution in [3.05, 3.63) is 60.2 Å². The number of hydrogen-bond acceptors (Lipinski definition) is 2. The van der Waals surface area contributed by atoms with Crippen LogP contribution in [0.25, 0.3) is 0 Å². The SMILES string of the molecule is CCN(C(=O)CNc1ccccc1)c1ccccc1C. The van der Waals surface area contributed by atoms with Crippen molar-refractivity contribution in [2.75, 3.05) is 23.3 Å². The lowest BCUT2D eigenvalue weighted by Gasteiger charge is -2.23. The van der Waals surface area contributed by atoms with Gasteiger partial charge in [0, 0.05) is 17.9 Å². The Hall–Kier alpha value is -2.29. The van der Waals surface area contributed by atoms with Gasteiger partial charge in [-0.2, -0.15) is 0 Å². The molecule has 0 aromatic heterocycles. The number of aryl methyl sites for hydroxylation is 1. The van der Waals surface area contributed by atoms with E-state index in [0.717, 1.165) is 16.9 Å². The Balaban J connectivity index is 2.05. The number of amides is 1. The average Bonchev–Trinajstić information content (AvgIpc) is 2.49. The summed E-state index contributed by atoms with van der Waals surface area (Å²) in [6.45, 7) is 4.98. The number of likely N-dealkylation sites (N-methyl/N-ethyl adjacent to an activating group) is 1. The second kappa shape index (κ2) is 6.75. The van der Waals surface area contributed by atoms with Crippen molar-refractivity contribution >= 4 is 17.3 Å². The van der Waals surface area contributed by atoms with E-state index < -0.39 is 0 Å². The predicted molar refractivity (Wildman–Crippen MR) is 84.1 cm³/mol. The van der Waals surface area contributed by atoms with E-state index in [1.54, 1.807) is 0 Å². The number of nitrogens with one attached hydrogen (secondary N) is 1. The summed E-state index contributed by atoms with van der Waals surface area (Å²) >= 11 is 0. The summed E-state index contributed by atoms with van der Waals surface area (Å²) in [4.78, 5) is 14.2. The molecule has 0 unspecified atom stereocenters. The molecule has 0 fully saturated rings. The van der Waals surface area contributed by atoms with E-state index in [4.69, 9.17) is 0 Å². The molecule has 0 atom stereocenters. The lowest BCUT2D eigenvalue weighted by Crippen LogP contribution is -2.35. The third-order valence-corrected chi connectivity index (χ3v) is 3.24. The minimum Gasteiger partial charge on any atom is -0.376 e. The molecule has 20 heavy (non-hydrogen) atoms. The highest BCUT2D eigenvalue weighted by Gasteiger charge is 2.14. The van der Waals surface area contributed by atoms with Gasteiger partial charge in [0.05, 0.1) is 6.54 Å². The molecule has 3 nitrogen and oxygen atoms in total. The third kappa shape index (κ3) is 3.38. The van der Waals surface area contributed by atoms with E-state index in [2.05, 4.69) is 5.32 Å². The quantitative estimate of drug-likeness (QED) is 0.900. The second-order valence-corrected chi connectivity index (χ2v) is 4.64. The van der Waals surface area contributed by atoms with Crippen molar-refractivity contribution < 1.29 is 4.79 Å². The summed E-state index contributed by atoms with van der Waals surface area (Å²) in [5.41, 5.74) is 3.05. The van der Waals surface area contributed by atoms with Gasteiger partial charge >= 0.3 is 0 Å². The summed E-state index contributed by atoms with van der Waals surface area (Å²) in [7, 11) is 0. The molecule has 0 spiro atoms. The van der Waals surface area contributed by atoms with Gasteiger partial charge in [0.1, 0.15) is 0 Å². The normalized spacial score (nSPS) is 10.1. The van der Waals surface area contributed by atoms with Crippen LogP contribution in [0.5, 0.6) is 0 Å². The van der Waals surface area contributed by atoms with Gasteiger partial charge < -0.3 is 10.2 Å². The van der Waals surface area contributed by atoms with Crippen LogP contribution < -0.4 is 10.2 Å². The van der Waals surface area contributed by atoms with E-state index in [0.29, 0.717) is 13.1 Å². The topological polar surface area (TPSA) is 32.3 Å². The zero-order chi connectivity index (χ0) is 14.4. The molecule has 0 saturated carbocycles. The Morgan fingerprint density at radius 2 is 1.70 bits per heavy atom. The van der Waals surface area contributed by atoms with Gasteiger partial charge in [-0.05, 0) is 37.6 Å². The molecule has 0 heterocycles. The van der Waals surface area contributed by atoms with E-state index in [1.165, 1.54) is 0 Å². The van der Waals surface area contributed by atoms with Gasteiger partial charge in [0.25, 0.3) is 0 Å². The molecule has 0 aliphatic heterocycles. The molecular weight excluding hydrogens is 248 g/mol. The number of anilines is 2. The van der Waals surface area contributed by atoms with Gasteiger partial charge in [-0.3, -0.25) is 4.79 Å². The summed E-state index contributed by atoms with van der Waals surface area (Å²) in [6.07, 6.45) is 0. The molecule has 0 bridgehead atoms. The Morgan fingerprint density at radius 3 is 2.35 bits per heavy atom. The first kappa shape index (κ1) is 14.1. The highest BCUT2D eigenvalue weighted by atomic mass is 16.2. The zero-order valence-corrected chi connectivity index (χ0v) is 12.0. The first-order valence-corrected chi connectivity index (χ1v) is 6.87. The number of rotatable bonds is 5. The van der Waals surface area contributed by atoms with Crippen LogP contribution in [-0.4, -0.2) is 19.0 Å². The van der Waals surface area contributed by atoms with Gasteiger partial charge in [-0.15, -0.1) is 0 Å². The van der Waals surface area contributed by atoms with Crippen LogP contribution in [0.4, 0.5) is 11.4 Å². The maximum atomic E-state index is 12.4. The molecule has 1 amide bonds. The molecular formula is C17H20N2O. The summed E-state index contributed by atoms with van der Waals surface area (Å²) < 4.78 is 0. The fourth-order valence-electron chi connectivity index (χ4n) is 2.18. The fraction of sp³-hybridized carbons (Fsp3) is 0.235. The summed E-state index contributed by atoms with van der Waals surface area (Å²) in [5, 5.41) is 3.16. The van der Waals surface area contributed by atoms with Crippen molar-refractivity contribution in [1.29, 1.82) is 0 Å². The molecule has 1 N–H and O–H groups in total. The number of hydrogen-bond donors (Lipinski definition) is 1. The van der Waals surface area contributed by atoms with Crippen molar-refractivity contribution in [2.45, 2.75) is 13.8 Å². The molecule has 2 aromatic carbocycles. The van der Waals surface area contributed by atoms with Crippen molar-refractivity contribution in [2.24, 2.45) is 0 Å². The molecule has 0 saturated heterocycles. The standard InChI is InChI=1S/C17H20N2O/c1-3-19(16-12-8-7-9-14(16)2)17(20)13-18-15-10-5-4-6-11-15/h4-12,18H,3,13H2,1-2H3. The fourth-order valence-corrected chi connectivity index (χ4v) is 2.18. The van der Waals surface area contributed by atoms with Crippen LogP contribution in [0.15, 0.2) is 54.6 Å². The van der Waals surface area contributed by atoms with Crippen molar-refractivity contribution in [3.63, 3.8) is 0 Å². The Kier molecular flexibility index (Phi) is 4.77. The molecule has 2 rings (SSSR count). The van der Waals surface area contributed by atoms with Gasteiger partial charge in [0.2, 0.25) is 5.91 Å². The lowest BCUT2D eigenvalue weighted by atomic mass is 10.2. The number of benzene rings is 2. The van der Waals surface area contributed by atoms with Crippen LogP contribution in [0.2, 0.25) is 0 Å². The van der Waals surface area contributed by atoms with E-state index >= 15 is 0 Å². The first-order chi connectivity index (χ1) is 9.72. The smallest absolute Gasteiger partial charge is 0.246 e. The van der Waals surface area contributed by atoms with E-state index in [-0.39, 0.29) is 5.91 Å². The van der Waals surface area contributed by atoms with Crippen LogP contribution in [0.3, 0.4) is 0 Å². The maximum absolute atomic E-state index is 12.4. The zero-order valence-electron chi connectivity index (χ0n) is 12.0. The van der Waals surface area contributed by atoms with Gasteiger partial charge in [-0.25, -0.2) is 0 Å². The molecule has 104 valence electrons. The molecule has 3 heteroatoms. The minimum absolute atomic E-state index is 0.0747. The van der Waals surface area contributed by atoms with Crippen molar-refractivity contribution in [1.82, 2.24) is 0 Å². The van der Waals surface area contributed by atoms with E-state index in [1.807, 2.05) is 73.3 Å².